The highest BCUT2D eigenvalue weighted by Gasteiger charge is 2.46. The smallest absolute Gasteiger partial charge is 0.186 e. The third kappa shape index (κ3) is 3.89. The molecule has 0 spiro atoms. The van der Waals surface area contributed by atoms with Crippen LogP contribution >= 0.6 is 0 Å². The second-order valence-electron chi connectivity index (χ2n) is 7.03. The Hall–Kier alpha value is -1.58. The summed E-state index contributed by atoms with van der Waals surface area (Å²) in [6, 6.07) is 0. The summed E-state index contributed by atoms with van der Waals surface area (Å²) in [7, 11) is 0. The summed E-state index contributed by atoms with van der Waals surface area (Å²) < 4.78 is 18.8. The van der Waals surface area contributed by atoms with E-state index in [2.05, 4.69) is 34.6 Å². The van der Waals surface area contributed by atoms with Crippen LogP contribution in [0.4, 0.5) is 0 Å². The molecule has 3 saturated heterocycles. The van der Waals surface area contributed by atoms with Crippen molar-refractivity contribution in [1.82, 2.24) is 15.0 Å². The first-order chi connectivity index (χ1) is 12.7. The van der Waals surface area contributed by atoms with Crippen LogP contribution in [0.3, 0.4) is 0 Å². The summed E-state index contributed by atoms with van der Waals surface area (Å²) in [4.78, 5) is 0. The van der Waals surface area contributed by atoms with Gasteiger partial charge in [-0.2, -0.15) is 0 Å². The molecular formula is C18H25N3O5. The maximum Gasteiger partial charge on any atom is 0.186 e. The van der Waals surface area contributed by atoms with Crippen molar-refractivity contribution in [3.8, 4) is 0 Å². The van der Waals surface area contributed by atoms with E-state index in [1.165, 1.54) is 0 Å². The molecule has 0 aromatic carbocycles. The molecule has 8 nitrogen and oxygen atoms in total. The van der Waals surface area contributed by atoms with Gasteiger partial charge < -0.3 is 24.4 Å². The van der Waals surface area contributed by atoms with Crippen LogP contribution in [0.1, 0.15) is 18.5 Å². The van der Waals surface area contributed by atoms with Crippen LogP contribution in [-0.4, -0.2) is 69.1 Å². The highest BCUT2D eigenvalue weighted by molar-refractivity contribution is 5.13. The van der Waals surface area contributed by atoms with Gasteiger partial charge in [0.1, 0.15) is 24.4 Å². The largest absolute Gasteiger partial charge is 0.387 e. The third-order valence-electron chi connectivity index (χ3n) is 5.02. The van der Waals surface area contributed by atoms with Crippen LogP contribution in [0.5, 0.6) is 0 Å². The molecule has 142 valence electrons. The fourth-order valence-electron chi connectivity index (χ4n) is 3.63. The molecule has 1 aliphatic carbocycles. The SMILES string of the molecule is OC1C2OCCCOC(C(Cn3cc(CC4C=CC=CC4)nn3)O2)C1O. The molecule has 8 heteroatoms. The number of hydrogen-bond donors (Lipinski definition) is 2. The summed E-state index contributed by atoms with van der Waals surface area (Å²) in [6.45, 7) is 1.25. The van der Waals surface area contributed by atoms with E-state index >= 15 is 0 Å². The first-order valence-corrected chi connectivity index (χ1v) is 9.18. The first-order valence-electron chi connectivity index (χ1n) is 9.18. The van der Waals surface area contributed by atoms with E-state index in [-0.39, 0.29) is 0 Å². The normalized spacial score (nSPS) is 37.3. The molecule has 26 heavy (non-hydrogen) atoms. The van der Waals surface area contributed by atoms with Gasteiger partial charge in [0, 0.05) is 12.8 Å². The minimum atomic E-state index is -1.12. The highest BCUT2D eigenvalue weighted by Crippen LogP contribution is 2.27. The summed E-state index contributed by atoms with van der Waals surface area (Å²) in [5, 5.41) is 28.9. The van der Waals surface area contributed by atoms with Gasteiger partial charge in [0.15, 0.2) is 6.29 Å². The molecule has 1 aromatic rings. The predicted molar refractivity (Wildman–Crippen MR) is 91.1 cm³/mol. The van der Waals surface area contributed by atoms with E-state index < -0.39 is 30.7 Å². The van der Waals surface area contributed by atoms with Gasteiger partial charge in [-0.15, -0.1) is 5.10 Å². The molecule has 3 aliphatic heterocycles. The number of ether oxygens (including phenoxy) is 3. The first kappa shape index (κ1) is 17.8. The summed E-state index contributed by atoms with van der Waals surface area (Å²) >= 11 is 0. The molecular weight excluding hydrogens is 338 g/mol. The molecule has 6 unspecified atom stereocenters. The van der Waals surface area contributed by atoms with E-state index in [0.717, 1.165) is 18.5 Å². The van der Waals surface area contributed by atoms with Crippen LogP contribution in [-0.2, 0) is 27.2 Å². The predicted octanol–water partition coefficient (Wildman–Crippen LogP) is 0.205. The second-order valence-corrected chi connectivity index (χ2v) is 7.03. The van der Waals surface area contributed by atoms with Crippen molar-refractivity contribution in [2.75, 3.05) is 13.2 Å². The van der Waals surface area contributed by atoms with E-state index in [4.69, 9.17) is 14.2 Å². The lowest BCUT2D eigenvalue weighted by Gasteiger charge is -2.41. The minimum absolute atomic E-state index is 0.377. The van der Waals surface area contributed by atoms with Crippen molar-refractivity contribution in [2.24, 2.45) is 5.92 Å². The Morgan fingerprint density at radius 3 is 2.88 bits per heavy atom. The Morgan fingerprint density at radius 2 is 2.04 bits per heavy atom. The number of nitrogens with zero attached hydrogens (tertiary/aromatic N) is 3. The lowest BCUT2D eigenvalue weighted by molar-refractivity contribution is -0.296. The quantitative estimate of drug-likeness (QED) is 0.789. The average molecular weight is 363 g/mol. The molecule has 6 atom stereocenters. The molecule has 4 heterocycles. The molecule has 2 bridgehead atoms. The van der Waals surface area contributed by atoms with Gasteiger partial charge in [0.2, 0.25) is 0 Å². The van der Waals surface area contributed by atoms with E-state index in [0.29, 0.717) is 32.1 Å². The Bertz CT molecular complexity index is 659. The lowest BCUT2D eigenvalue weighted by Crippen LogP contribution is -2.59. The zero-order valence-corrected chi connectivity index (χ0v) is 14.6. The number of aromatic nitrogens is 3. The Balaban J connectivity index is 1.43. The monoisotopic (exact) mass is 363 g/mol. The van der Waals surface area contributed by atoms with Crippen molar-refractivity contribution in [1.29, 1.82) is 0 Å². The zero-order chi connectivity index (χ0) is 17.9. The average Bonchev–Trinajstić information content (AvgIpc) is 3.13. The number of allylic oxidation sites excluding steroid dienone is 4. The topological polar surface area (TPSA) is 98.9 Å². The van der Waals surface area contributed by atoms with Gasteiger partial charge >= 0.3 is 0 Å². The standard InChI is InChI=1S/C18H25N3O5/c22-15-16(23)18-25-8-4-7-24-17(15)14(26-18)11-21-10-13(19-20-21)9-12-5-2-1-3-6-12/h1-3,5,10,12,14-18,22-23H,4,6-9,11H2. The van der Waals surface area contributed by atoms with Gasteiger partial charge in [0.05, 0.1) is 18.8 Å². The van der Waals surface area contributed by atoms with Crippen LogP contribution < -0.4 is 0 Å². The molecule has 1 aromatic heterocycles. The maximum absolute atomic E-state index is 10.4. The fourth-order valence-corrected chi connectivity index (χ4v) is 3.63. The van der Waals surface area contributed by atoms with Crippen LogP contribution in [0.2, 0.25) is 0 Å². The van der Waals surface area contributed by atoms with Crippen LogP contribution in [0.15, 0.2) is 30.5 Å². The number of aliphatic hydroxyl groups is 2. The Morgan fingerprint density at radius 1 is 1.15 bits per heavy atom. The summed E-state index contributed by atoms with van der Waals surface area (Å²) in [5.41, 5.74) is 0.918. The number of aliphatic hydroxyl groups excluding tert-OH is 2. The van der Waals surface area contributed by atoms with Gasteiger partial charge in [-0.1, -0.05) is 29.5 Å². The van der Waals surface area contributed by atoms with Crippen molar-refractivity contribution in [3.63, 3.8) is 0 Å². The maximum atomic E-state index is 10.4. The van der Waals surface area contributed by atoms with Gasteiger partial charge in [-0.25, -0.2) is 4.68 Å². The second kappa shape index (κ2) is 7.98. The number of fused-ring (bicyclic) bond motifs is 6. The van der Waals surface area contributed by atoms with Crippen molar-refractivity contribution >= 4 is 0 Å². The summed E-state index contributed by atoms with van der Waals surface area (Å²) in [5.74, 6) is 0.441. The fraction of sp³-hybridized carbons (Fsp3) is 0.667. The van der Waals surface area contributed by atoms with E-state index in [9.17, 15) is 10.2 Å². The Kier molecular flexibility index (Phi) is 5.46. The van der Waals surface area contributed by atoms with Gasteiger partial charge in [-0.05, 0) is 25.2 Å². The lowest BCUT2D eigenvalue weighted by atomic mass is 9.96. The number of hydrogen-bond acceptors (Lipinski definition) is 7. The van der Waals surface area contributed by atoms with Crippen molar-refractivity contribution < 1.29 is 24.4 Å². The van der Waals surface area contributed by atoms with Crippen LogP contribution in [0.25, 0.3) is 0 Å². The van der Waals surface area contributed by atoms with Gasteiger partial charge in [0.25, 0.3) is 0 Å². The Labute approximate surface area is 152 Å². The molecule has 4 aliphatic rings. The highest BCUT2D eigenvalue weighted by atomic mass is 16.7. The molecule has 0 saturated carbocycles. The molecule has 2 N–H and O–H groups in total. The van der Waals surface area contributed by atoms with E-state index in [1.54, 1.807) is 4.68 Å². The van der Waals surface area contributed by atoms with Gasteiger partial charge in [-0.3, -0.25) is 0 Å². The minimum Gasteiger partial charge on any atom is -0.387 e. The van der Waals surface area contributed by atoms with Crippen molar-refractivity contribution in [3.05, 3.63) is 36.2 Å². The zero-order valence-electron chi connectivity index (χ0n) is 14.6. The van der Waals surface area contributed by atoms with E-state index in [1.807, 2.05) is 6.20 Å². The van der Waals surface area contributed by atoms with Crippen molar-refractivity contribution in [2.45, 2.75) is 56.5 Å². The molecule has 5 rings (SSSR count). The third-order valence-corrected chi connectivity index (χ3v) is 5.02. The molecule has 0 radical (unpaired) electrons. The molecule has 3 fully saturated rings. The number of rotatable bonds is 4. The van der Waals surface area contributed by atoms with Crippen LogP contribution in [0, 0.1) is 5.92 Å². The molecule has 0 amide bonds. The summed E-state index contributed by atoms with van der Waals surface area (Å²) in [6.07, 6.45) is 8.77.